The fraction of sp³-hybridized carbons (Fsp3) is 0.188. The number of nitrogens with one attached hydrogen (secondary N) is 1. The number of ether oxygens (including phenoxy) is 2. The number of hydrogen-bond acceptors (Lipinski definition) is 4. The molecule has 0 aliphatic rings. The van der Waals surface area contributed by atoms with Gasteiger partial charge in [0.05, 0.1) is 19.8 Å². The molecule has 110 valence electrons. The standard InChI is InChI=1S/C16H18N2O3/c1-10-8-12(20-2)5-6-14(10)18-16(19)13-9-11(17)4-7-15(13)21-3/h4-9H,17H2,1-3H3,(H,18,19). The summed E-state index contributed by atoms with van der Waals surface area (Å²) in [6.45, 7) is 1.90. The molecule has 1 amide bonds. The highest BCUT2D eigenvalue weighted by Gasteiger charge is 2.14. The van der Waals surface area contributed by atoms with Gasteiger partial charge in [0, 0.05) is 11.4 Å². The molecule has 2 rings (SSSR count). The van der Waals surface area contributed by atoms with Crippen LogP contribution in [0, 0.1) is 6.92 Å². The van der Waals surface area contributed by atoms with Crippen molar-refractivity contribution < 1.29 is 14.3 Å². The molecule has 0 radical (unpaired) electrons. The van der Waals surface area contributed by atoms with Crippen molar-refractivity contribution in [3.8, 4) is 11.5 Å². The molecule has 2 aromatic rings. The Morgan fingerprint density at radius 3 is 2.48 bits per heavy atom. The fourth-order valence-electron chi connectivity index (χ4n) is 2.00. The lowest BCUT2D eigenvalue weighted by Gasteiger charge is -2.12. The summed E-state index contributed by atoms with van der Waals surface area (Å²) in [5.41, 5.74) is 8.25. The van der Waals surface area contributed by atoms with E-state index in [2.05, 4.69) is 5.32 Å². The van der Waals surface area contributed by atoms with Crippen molar-refractivity contribution in [1.82, 2.24) is 0 Å². The van der Waals surface area contributed by atoms with Crippen molar-refractivity contribution in [2.45, 2.75) is 6.92 Å². The van der Waals surface area contributed by atoms with Gasteiger partial charge >= 0.3 is 0 Å². The molecule has 0 aliphatic heterocycles. The molecule has 0 aromatic heterocycles. The minimum atomic E-state index is -0.271. The minimum absolute atomic E-state index is 0.271. The van der Waals surface area contributed by atoms with Gasteiger partial charge in [0.1, 0.15) is 11.5 Å². The summed E-state index contributed by atoms with van der Waals surface area (Å²) in [5, 5.41) is 2.85. The Morgan fingerprint density at radius 2 is 1.86 bits per heavy atom. The van der Waals surface area contributed by atoms with Gasteiger partial charge in [0.15, 0.2) is 0 Å². The number of methoxy groups -OCH3 is 2. The Morgan fingerprint density at radius 1 is 1.10 bits per heavy atom. The maximum Gasteiger partial charge on any atom is 0.259 e. The molecule has 0 saturated heterocycles. The number of anilines is 2. The first-order valence-electron chi connectivity index (χ1n) is 6.44. The largest absolute Gasteiger partial charge is 0.497 e. The van der Waals surface area contributed by atoms with Crippen LogP contribution in [0.5, 0.6) is 11.5 Å². The molecule has 0 bridgehead atoms. The highest BCUT2D eigenvalue weighted by molar-refractivity contribution is 6.07. The van der Waals surface area contributed by atoms with E-state index in [0.717, 1.165) is 11.3 Å². The van der Waals surface area contributed by atoms with E-state index in [-0.39, 0.29) is 5.91 Å². The third-order valence-electron chi connectivity index (χ3n) is 3.15. The van der Waals surface area contributed by atoms with Gasteiger partial charge in [-0.3, -0.25) is 4.79 Å². The lowest BCUT2D eigenvalue weighted by atomic mass is 10.1. The number of hydrogen-bond donors (Lipinski definition) is 2. The second-order valence-corrected chi connectivity index (χ2v) is 4.59. The second kappa shape index (κ2) is 6.17. The molecule has 0 atom stereocenters. The number of carbonyl (C=O) groups is 1. The Labute approximate surface area is 123 Å². The summed E-state index contributed by atoms with van der Waals surface area (Å²) in [6, 6.07) is 10.4. The normalized spacial score (nSPS) is 10.0. The first kappa shape index (κ1) is 14.7. The Kier molecular flexibility index (Phi) is 4.33. The van der Waals surface area contributed by atoms with E-state index in [1.165, 1.54) is 7.11 Å². The van der Waals surface area contributed by atoms with Crippen LogP contribution in [0.1, 0.15) is 15.9 Å². The summed E-state index contributed by atoms with van der Waals surface area (Å²) in [5.74, 6) is 0.951. The van der Waals surface area contributed by atoms with Crippen LogP contribution in [0.2, 0.25) is 0 Å². The van der Waals surface area contributed by atoms with Crippen LogP contribution in [0.4, 0.5) is 11.4 Å². The molecule has 0 heterocycles. The number of benzene rings is 2. The summed E-state index contributed by atoms with van der Waals surface area (Å²) in [4.78, 5) is 12.4. The topological polar surface area (TPSA) is 73.6 Å². The zero-order chi connectivity index (χ0) is 15.4. The highest BCUT2D eigenvalue weighted by Crippen LogP contribution is 2.25. The summed E-state index contributed by atoms with van der Waals surface area (Å²) in [6.07, 6.45) is 0. The van der Waals surface area contributed by atoms with Gasteiger partial charge in [0.2, 0.25) is 0 Å². The Hall–Kier alpha value is -2.69. The number of nitrogens with two attached hydrogens (primary N) is 1. The van der Waals surface area contributed by atoms with Crippen molar-refractivity contribution in [3.63, 3.8) is 0 Å². The van der Waals surface area contributed by atoms with E-state index in [9.17, 15) is 4.79 Å². The van der Waals surface area contributed by atoms with Gasteiger partial charge in [-0.05, 0) is 48.9 Å². The van der Waals surface area contributed by atoms with Gasteiger partial charge in [-0.15, -0.1) is 0 Å². The van der Waals surface area contributed by atoms with E-state index in [4.69, 9.17) is 15.2 Å². The molecular weight excluding hydrogens is 268 g/mol. The first-order chi connectivity index (χ1) is 10.0. The third-order valence-corrected chi connectivity index (χ3v) is 3.15. The van der Waals surface area contributed by atoms with Gasteiger partial charge in [0.25, 0.3) is 5.91 Å². The molecular formula is C16H18N2O3. The summed E-state index contributed by atoms with van der Waals surface area (Å²) < 4.78 is 10.3. The average Bonchev–Trinajstić information content (AvgIpc) is 2.49. The average molecular weight is 286 g/mol. The zero-order valence-corrected chi connectivity index (χ0v) is 12.3. The van der Waals surface area contributed by atoms with E-state index in [1.54, 1.807) is 37.4 Å². The van der Waals surface area contributed by atoms with Gasteiger partial charge in [-0.2, -0.15) is 0 Å². The molecule has 0 spiro atoms. The quantitative estimate of drug-likeness (QED) is 0.848. The van der Waals surface area contributed by atoms with E-state index >= 15 is 0 Å². The van der Waals surface area contributed by atoms with E-state index in [0.29, 0.717) is 22.7 Å². The summed E-state index contributed by atoms with van der Waals surface area (Å²) in [7, 11) is 3.12. The smallest absolute Gasteiger partial charge is 0.259 e. The lowest BCUT2D eigenvalue weighted by Crippen LogP contribution is -2.14. The Balaban J connectivity index is 2.28. The van der Waals surface area contributed by atoms with Crippen LogP contribution in [0.15, 0.2) is 36.4 Å². The van der Waals surface area contributed by atoms with Crippen molar-refractivity contribution in [2.75, 3.05) is 25.3 Å². The van der Waals surface area contributed by atoms with Crippen LogP contribution in [0.25, 0.3) is 0 Å². The molecule has 5 heteroatoms. The summed E-state index contributed by atoms with van der Waals surface area (Å²) >= 11 is 0. The third kappa shape index (κ3) is 3.25. The lowest BCUT2D eigenvalue weighted by molar-refractivity contribution is 0.102. The molecule has 5 nitrogen and oxygen atoms in total. The fourth-order valence-corrected chi connectivity index (χ4v) is 2.00. The predicted octanol–water partition coefficient (Wildman–Crippen LogP) is 2.85. The number of aryl methyl sites for hydroxylation is 1. The van der Waals surface area contributed by atoms with Crippen molar-refractivity contribution in [3.05, 3.63) is 47.5 Å². The molecule has 2 aromatic carbocycles. The van der Waals surface area contributed by atoms with E-state index in [1.807, 2.05) is 13.0 Å². The second-order valence-electron chi connectivity index (χ2n) is 4.59. The number of carbonyl (C=O) groups excluding carboxylic acids is 1. The highest BCUT2D eigenvalue weighted by atomic mass is 16.5. The number of amides is 1. The maximum atomic E-state index is 12.4. The molecule has 0 aliphatic carbocycles. The van der Waals surface area contributed by atoms with Crippen LogP contribution < -0.4 is 20.5 Å². The first-order valence-corrected chi connectivity index (χ1v) is 6.44. The van der Waals surface area contributed by atoms with Crippen LogP contribution in [-0.4, -0.2) is 20.1 Å². The van der Waals surface area contributed by atoms with Crippen molar-refractivity contribution >= 4 is 17.3 Å². The van der Waals surface area contributed by atoms with Gasteiger partial charge in [-0.25, -0.2) is 0 Å². The monoisotopic (exact) mass is 286 g/mol. The molecule has 0 saturated carbocycles. The maximum absolute atomic E-state index is 12.4. The molecule has 0 fully saturated rings. The predicted molar refractivity (Wildman–Crippen MR) is 83.1 cm³/mol. The van der Waals surface area contributed by atoms with Crippen molar-refractivity contribution in [1.29, 1.82) is 0 Å². The van der Waals surface area contributed by atoms with Crippen LogP contribution in [-0.2, 0) is 0 Å². The molecule has 3 N–H and O–H groups in total. The zero-order valence-electron chi connectivity index (χ0n) is 12.3. The van der Waals surface area contributed by atoms with Crippen LogP contribution in [0.3, 0.4) is 0 Å². The molecule has 21 heavy (non-hydrogen) atoms. The van der Waals surface area contributed by atoms with Gasteiger partial charge in [-0.1, -0.05) is 0 Å². The van der Waals surface area contributed by atoms with E-state index < -0.39 is 0 Å². The van der Waals surface area contributed by atoms with Crippen molar-refractivity contribution in [2.24, 2.45) is 0 Å². The van der Waals surface area contributed by atoms with Crippen LogP contribution >= 0.6 is 0 Å². The Bertz CT molecular complexity index is 669. The minimum Gasteiger partial charge on any atom is -0.497 e. The SMILES string of the molecule is COc1ccc(NC(=O)c2cc(N)ccc2OC)c(C)c1. The number of nitrogen functional groups attached to an aromatic ring is 1. The molecule has 0 unspecified atom stereocenters. The number of rotatable bonds is 4. The van der Waals surface area contributed by atoms with Gasteiger partial charge < -0.3 is 20.5 Å².